The summed E-state index contributed by atoms with van der Waals surface area (Å²) in [5.41, 5.74) is 8.29. The summed E-state index contributed by atoms with van der Waals surface area (Å²) >= 11 is 0. The highest BCUT2D eigenvalue weighted by atomic mass is 16.5. The van der Waals surface area contributed by atoms with E-state index in [2.05, 4.69) is 23.3 Å². The predicted molar refractivity (Wildman–Crippen MR) is 76.0 cm³/mol. The van der Waals surface area contributed by atoms with Crippen LogP contribution in [0, 0.1) is 0 Å². The highest BCUT2D eigenvalue weighted by Crippen LogP contribution is 2.25. The Bertz CT molecular complexity index is 514. The summed E-state index contributed by atoms with van der Waals surface area (Å²) in [5, 5.41) is 1.24. The van der Waals surface area contributed by atoms with Crippen molar-refractivity contribution in [3.63, 3.8) is 0 Å². The minimum atomic E-state index is 0.203. The quantitative estimate of drug-likeness (QED) is 0.851. The van der Waals surface area contributed by atoms with Crippen molar-refractivity contribution in [3.05, 3.63) is 30.0 Å². The van der Waals surface area contributed by atoms with Gasteiger partial charge in [0.2, 0.25) is 0 Å². The number of nitrogens with one attached hydrogen (secondary N) is 1. The first-order valence-corrected chi connectivity index (χ1v) is 6.58. The van der Waals surface area contributed by atoms with E-state index in [1.54, 1.807) is 0 Å². The van der Waals surface area contributed by atoms with Gasteiger partial charge in [0.25, 0.3) is 0 Å². The number of benzene rings is 1. The molecule has 0 fully saturated rings. The van der Waals surface area contributed by atoms with Crippen LogP contribution in [0.3, 0.4) is 0 Å². The van der Waals surface area contributed by atoms with E-state index in [4.69, 9.17) is 10.5 Å². The minimum absolute atomic E-state index is 0.203. The number of rotatable bonds is 5. The minimum Gasteiger partial charge on any atom is -0.491 e. The normalized spacial score (nSPS) is 13.2. The molecule has 3 nitrogen and oxygen atoms in total. The first-order valence-electron chi connectivity index (χ1n) is 6.58. The second-order valence-corrected chi connectivity index (χ2v) is 5.20. The third kappa shape index (κ3) is 3.05. The van der Waals surface area contributed by atoms with Crippen LogP contribution in [0.15, 0.2) is 24.4 Å². The Morgan fingerprint density at radius 3 is 2.72 bits per heavy atom. The fraction of sp³-hybridized carbons (Fsp3) is 0.467. The third-order valence-electron chi connectivity index (χ3n) is 2.98. The van der Waals surface area contributed by atoms with E-state index in [1.165, 1.54) is 10.9 Å². The molecular weight excluding hydrogens is 224 g/mol. The molecule has 0 saturated carbocycles. The van der Waals surface area contributed by atoms with Crippen molar-refractivity contribution in [1.82, 2.24) is 4.98 Å². The summed E-state index contributed by atoms with van der Waals surface area (Å²) in [6.45, 7) is 6.12. The Balaban J connectivity index is 2.25. The summed E-state index contributed by atoms with van der Waals surface area (Å²) in [7, 11) is 0. The van der Waals surface area contributed by atoms with Crippen molar-refractivity contribution in [2.45, 2.75) is 45.8 Å². The number of aryl methyl sites for hydroxylation is 1. The third-order valence-corrected chi connectivity index (χ3v) is 2.98. The van der Waals surface area contributed by atoms with Gasteiger partial charge in [0.15, 0.2) is 0 Å². The van der Waals surface area contributed by atoms with Gasteiger partial charge in [0.05, 0.1) is 6.10 Å². The molecule has 0 bridgehead atoms. The van der Waals surface area contributed by atoms with Crippen LogP contribution in [0.25, 0.3) is 10.9 Å². The average molecular weight is 246 g/mol. The number of H-pyrrole nitrogens is 1. The average Bonchev–Trinajstić information content (AvgIpc) is 2.68. The number of ether oxygens (including phenoxy) is 1. The smallest absolute Gasteiger partial charge is 0.120 e. The van der Waals surface area contributed by atoms with E-state index in [9.17, 15) is 0 Å². The molecule has 0 spiro atoms. The van der Waals surface area contributed by atoms with E-state index in [1.807, 2.05) is 26.8 Å². The van der Waals surface area contributed by atoms with Crippen LogP contribution >= 0.6 is 0 Å². The summed E-state index contributed by atoms with van der Waals surface area (Å²) in [4.78, 5) is 3.30. The zero-order valence-electron chi connectivity index (χ0n) is 11.4. The lowest BCUT2D eigenvalue weighted by atomic mass is 10.1. The van der Waals surface area contributed by atoms with Gasteiger partial charge in [-0.3, -0.25) is 0 Å². The molecule has 0 aliphatic rings. The highest BCUT2D eigenvalue weighted by molar-refractivity contribution is 5.84. The predicted octanol–water partition coefficient (Wildman–Crippen LogP) is 3.23. The number of nitrogens with two attached hydrogens (primary N) is 1. The zero-order chi connectivity index (χ0) is 13.1. The number of fused-ring (bicyclic) bond motifs is 1. The van der Waals surface area contributed by atoms with E-state index in [0.29, 0.717) is 0 Å². The van der Waals surface area contributed by atoms with Crippen LogP contribution in [-0.2, 0) is 6.42 Å². The first-order chi connectivity index (χ1) is 8.56. The lowest BCUT2D eigenvalue weighted by Gasteiger charge is -2.10. The fourth-order valence-electron chi connectivity index (χ4n) is 2.09. The van der Waals surface area contributed by atoms with Gasteiger partial charge >= 0.3 is 0 Å². The maximum atomic E-state index is 5.81. The number of hydrogen-bond donors (Lipinski definition) is 2. The van der Waals surface area contributed by atoms with Crippen LogP contribution in [0.1, 0.15) is 32.8 Å². The van der Waals surface area contributed by atoms with Crippen molar-refractivity contribution in [1.29, 1.82) is 0 Å². The summed E-state index contributed by atoms with van der Waals surface area (Å²) in [6.07, 6.45) is 4.28. The van der Waals surface area contributed by atoms with Gasteiger partial charge in [0, 0.05) is 23.1 Å². The van der Waals surface area contributed by atoms with Crippen molar-refractivity contribution in [2.75, 3.05) is 0 Å². The molecule has 1 atom stereocenters. The molecule has 98 valence electrons. The molecule has 1 heterocycles. The van der Waals surface area contributed by atoms with Crippen LogP contribution in [0.2, 0.25) is 0 Å². The standard InChI is InChI=1S/C15H22N2O/c1-10(2)18-13-6-7-15-14(8-13)12(9-17-15)5-4-11(3)16/h6-11,17H,4-5,16H2,1-3H3. The largest absolute Gasteiger partial charge is 0.491 e. The zero-order valence-corrected chi connectivity index (χ0v) is 11.4. The summed E-state index contributed by atoms with van der Waals surface area (Å²) < 4.78 is 5.73. The van der Waals surface area contributed by atoms with Crippen LogP contribution in [-0.4, -0.2) is 17.1 Å². The van der Waals surface area contributed by atoms with Gasteiger partial charge < -0.3 is 15.5 Å². The lowest BCUT2D eigenvalue weighted by molar-refractivity contribution is 0.243. The number of aromatic amines is 1. The molecule has 1 aromatic carbocycles. The topological polar surface area (TPSA) is 51.0 Å². The maximum Gasteiger partial charge on any atom is 0.120 e. The Morgan fingerprint density at radius 2 is 2.06 bits per heavy atom. The second kappa shape index (κ2) is 5.44. The molecule has 0 radical (unpaired) electrons. The lowest BCUT2D eigenvalue weighted by Crippen LogP contribution is -2.15. The van der Waals surface area contributed by atoms with Gasteiger partial charge in [-0.15, -0.1) is 0 Å². The molecule has 0 saturated heterocycles. The molecule has 3 heteroatoms. The summed E-state index contributed by atoms with van der Waals surface area (Å²) in [6, 6.07) is 6.43. The van der Waals surface area contributed by atoms with E-state index in [-0.39, 0.29) is 12.1 Å². The Labute approximate surface area is 108 Å². The highest BCUT2D eigenvalue weighted by Gasteiger charge is 2.07. The number of hydrogen-bond acceptors (Lipinski definition) is 2. The molecule has 18 heavy (non-hydrogen) atoms. The van der Waals surface area contributed by atoms with Gasteiger partial charge in [-0.25, -0.2) is 0 Å². The van der Waals surface area contributed by atoms with Gasteiger partial charge in [-0.05, 0) is 57.4 Å². The number of aromatic nitrogens is 1. The molecule has 0 amide bonds. The van der Waals surface area contributed by atoms with Crippen LogP contribution in [0.4, 0.5) is 0 Å². The monoisotopic (exact) mass is 246 g/mol. The molecular formula is C15H22N2O. The van der Waals surface area contributed by atoms with E-state index >= 15 is 0 Å². The fourth-order valence-corrected chi connectivity index (χ4v) is 2.09. The SMILES string of the molecule is CC(N)CCc1c[nH]c2ccc(OC(C)C)cc12. The molecule has 0 aliphatic heterocycles. The molecule has 1 aromatic heterocycles. The molecule has 1 unspecified atom stereocenters. The van der Waals surface area contributed by atoms with Gasteiger partial charge in [-0.2, -0.15) is 0 Å². The van der Waals surface area contributed by atoms with Crippen molar-refractivity contribution >= 4 is 10.9 Å². The van der Waals surface area contributed by atoms with Crippen LogP contribution < -0.4 is 10.5 Å². The molecule has 2 rings (SSSR count). The molecule has 3 N–H and O–H groups in total. The van der Waals surface area contributed by atoms with E-state index in [0.717, 1.165) is 24.1 Å². The molecule has 2 aromatic rings. The van der Waals surface area contributed by atoms with Gasteiger partial charge in [-0.1, -0.05) is 0 Å². The van der Waals surface area contributed by atoms with Crippen molar-refractivity contribution in [3.8, 4) is 5.75 Å². The second-order valence-electron chi connectivity index (χ2n) is 5.20. The summed E-state index contributed by atoms with van der Waals surface area (Å²) in [5.74, 6) is 0.930. The van der Waals surface area contributed by atoms with Crippen molar-refractivity contribution < 1.29 is 4.74 Å². The Kier molecular flexibility index (Phi) is 3.92. The maximum absolute atomic E-state index is 5.81. The molecule has 0 aliphatic carbocycles. The van der Waals surface area contributed by atoms with Gasteiger partial charge in [0.1, 0.15) is 5.75 Å². The Morgan fingerprint density at radius 1 is 1.28 bits per heavy atom. The van der Waals surface area contributed by atoms with E-state index < -0.39 is 0 Å². The van der Waals surface area contributed by atoms with Crippen LogP contribution in [0.5, 0.6) is 5.75 Å². The Hall–Kier alpha value is -1.48. The first kappa shape index (κ1) is 13.0. The van der Waals surface area contributed by atoms with Crippen molar-refractivity contribution in [2.24, 2.45) is 5.73 Å².